The molecule has 2 heterocycles. The number of aryl methyl sites for hydroxylation is 1. The first kappa shape index (κ1) is 20.5. The van der Waals surface area contributed by atoms with Gasteiger partial charge >= 0.3 is 0 Å². The van der Waals surface area contributed by atoms with Crippen LogP contribution in [0.5, 0.6) is 0 Å². The van der Waals surface area contributed by atoms with Crippen molar-refractivity contribution in [2.75, 3.05) is 27.2 Å². The fourth-order valence-electron chi connectivity index (χ4n) is 3.28. The first-order valence-electron chi connectivity index (χ1n) is 9.25. The molecule has 1 atom stereocenters. The molecule has 0 bridgehead atoms. The highest BCUT2D eigenvalue weighted by molar-refractivity contribution is 7.89. The molecule has 1 amide bonds. The highest BCUT2D eigenvalue weighted by atomic mass is 32.2. The van der Waals surface area contributed by atoms with E-state index in [0.717, 1.165) is 17.1 Å². The fraction of sp³-hybridized carbons (Fsp3) is 0.474. The first-order chi connectivity index (χ1) is 13.3. The molecule has 1 aliphatic heterocycles. The van der Waals surface area contributed by atoms with Crippen LogP contribution in [-0.4, -0.2) is 56.5 Å². The lowest BCUT2D eigenvalue weighted by molar-refractivity contribution is 0.0856. The van der Waals surface area contributed by atoms with Crippen molar-refractivity contribution in [2.24, 2.45) is 0 Å². The topological polar surface area (TPSA) is 97.7 Å². The number of hydrogen-bond acceptors (Lipinski definition) is 5. The number of aromatic nitrogens is 1. The van der Waals surface area contributed by atoms with Crippen molar-refractivity contribution < 1.29 is 17.9 Å². The summed E-state index contributed by atoms with van der Waals surface area (Å²) in [7, 11) is -0.832. The van der Waals surface area contributed by atoms with Crippen LogP contribution in [0.3, 0.4) is 0 Å². The Hall–Kier alpha value is -2.23. The second-order valence-corrected chi connectivity index (χ2v) is 9.12. The van der Waals surface area contributed by atoms with Crippen molar-refractivity contribution >= 4 is 26.8 Å². The number of carbonyl (C=O) groups excluding carboxylic acids is 1. The molecule has 1 N–H and O–H groups in total. The van der Waals surface area contributed by atoms with E-state index in [-0.39, 0.29) is 21.9 Å². The number of pyridine rings is 1. The average Bonchev–Trinajstić information content (AvgIpc) is 3.19. The molecule has 0 saturated carbocycles. The second kappa shape index (κ2) is 8.02. The lowest BCUT2D eigenvalue weighted by Crippen LogP contribution is -2.35. The quantitative estimate of drug-likeness (QED) is 0.776. The number of sulfonamides is 1. The lowest BCUT2D eigenvalue weighted by atomic mass is 10.1. The molecule has 152 valence electrons. The van der Waals surface area contributed by atoms with Crippen molar-refractivity contribution in [3.63, 3.8) is 0 Å². The van der Waals surface area contributed by atoms with Gasteiger partial charge in [-0.15, -0.1) is 0 Å². The van der Waals surface area contributed by atoms with E-state index in [9.17, 15) is 18.0 Å². The Morgan fingerprint density at radius 2 is 2.11 bits per heavy atom. The van der Waals surface area contributed by atoms with Gasteiger partial charge in [-0.1, -0.05) is 0 Å². The van der Waals surface area contributed by atoms with Crippen LogP contribution >= 0.6 is 0 Å². The monoisotopic (exact) mass is 407 g/mol. The normalized spacial score (nSPS) is 17.4. The molecule has 28 heavy (non-hydrogen) atoms. The van der Waals surface area contributed by atoms with Gasteiger partial charge in [-0.2, -0.15) is 0 Å². The molecule has 1 aromatic heterocycles. The molecule has 0 aliphatic carbocycles. The lowest BCUT2D eigenvalue weighted by Gasteiger charge is -2.15. The van der Waals surface area contributed by atoms with Crippen molar-refractivity contribution in [3.05, 3.63) is 40.2 Å². The standard InChI is InChI=1S/C19H25N3O5S/c1-4-22-12-16(19(24)20-11-13-6-5-9-27-13)18(23)15-10-14(7-8-17(15)22)28(25,26)21(2)3/h7-8,10,12-13H,4-6,9,11H2,1-3H3,(H,20,24)/t13-/m0/s1. The first-order valence-corrected chi connectivity index (χ1v) is 10.7. The van der Waals surface area contributed by atoms with Gasteiger partial charge in [0.2, 0.25) is 15.5 Å². The van der Waals surface area contributed by atoms with E-state index < -0.39 is 21.4 Å². The summed E-state index contributed by atoms with van der Waals surface area (Å²) in [6, 6.07) is 4.42. The van der Waals surface area contributed by atoms with Crippen LogP contribution in [0.4, 0.5) is 0 Å². The van der Waals surface area contributed by atoms with Crippen LogP contribution in [0.2, 0.25) is 0 Å². The van der Waals surface area contributed by atoms with Gasteiger partial charge < -0.3 is 14.6 Å². The molecule has 3 rings (SSSR count). The zero-order chi connectivity index (χ0) is 20.5. The number of benzene rings is 1. The number of rotatable bonds is 6. The Morgan fingerprint density at radius 3 is 2.71 bits per heavy atom. The number of amides is 1. The van der Waals surface area contributed by atoms with Crippen LogP contribution in [-0.2, 0) is 21.3 Å². The van der Waals surface area contributed by atoms with Gasteiger partial charge in [0, 0.05) is 45.4 Å². The Kier molecular flexibility index (Phi) is 5.87. The Bertz CT molecular complexity index is 1050. The Balaban J connectivity index is 2.04. The van der Waals surface area contributed by atoms with E-state index in [0.29, 0.717) is 25.2 Å². The van der Waals surface area contributed by atoms with Gasteiger partial charge in [-0.25, -0.2) is 12.7 Å². The van der Waals surface area contributed by atoms with Gasteiger partial charge in [0.1, 0.15) is 5.56 Å². The average molecular weight is 407 g/mol. The van der Waals surface area contributed by atoms with Crippen LogP contribution < -0.4 is 10.7 Å². The van der Waals surface area contributed by atoms with Crippen molar-refractivity contribution in [1.82, 2.24) is 14.2 Å². The molecule has 1 fully saturated rings. The second-order valence-electron chi connectivity index (χ2n) is 6.97. The van der Waals surface area contributed by atoms with Crippen LogP contribution in [0.1, 0.15) is 30.1 Å². The number of carbonyl (C=O) groups is 1. The minimum Gasteiger partial charge on any atom is -0.376 e. The number of nitrogens with one attached hydrogen (secondary N) is 1. The number of nitrogens with zero attached hydrogens (tertiary/aromatic N) is 2. The van der Waals surface area contributed by atoms with Crippen LogP contribution in [0.25, 0.3) is 10.9 Å². The third-order valence-electron chi connectivity index (χ3n) is 4.93. The summed E-state index contributed by atoms with van der Waals surface area (Å²) in [6.45, 7) is 3.45. The van der Waals surface area contributed by atoms with Crippen molar-refractivity contribution in [2.45, 2.75) is 37.3 Å². The maximum absolute atomic E-state index is 13.0. The summed E-state index contributed by atoms with van der Waals surface area (Å²) in [6.07, 6.45) is 3.33. The van der Waals surface area contributed by atoms with Gasteiger partial charge in [0.15, 0.2) is 0 Å². The minimum absolute atomic E-state index is 0.00764. The molecular formula is C19H25N3O5S. The van der Waals surface area contributed by atoms with Crippen molar-refractivity contribution in [3.8, 4) is 0 Å². The maximum Gasteiger partial charge on any atom is 0.256 e. The SMILES string of the molecule is CCn1cc(C(=O)NC[C@@H]2CCCO2)c(=O)c2cc(S(=O)(=O)N(C)C)ccc21. The van der Waals surface area contributed by atoms with E-state index in [1.54, 1.807) is 10.6 Å². The summed E-state index contributed by atoms with van der Waals surface area (Å²) < 4.78 is 33.2. The zero-order valence-electron chi connectivity index (χ0n) is 16.3. The Labute approximate surface area is 164 Å². The summed E-state index contributed by atoms with van der Waals surface area (Å²) in [5, 5.41) is 2.96. The van der Waals surface area contributed by atoms with Crippen LogP contribution in [0.15, 0.2) is 34.1 Å². The number of fused-ring (bicyclic) bond motifs is 1. The van der Waals surface area contributed by atoms with E-state index in [1.807, 2.05) is 6.92 Å². The highest BCUT2D eigenvalue weighted by Crippen LogP contribution is 2.20. The van der Waals surface area contributed by atoms with Gasteiger partial charge in [0.05, 0.1) is 16.5 Å². The van der Waals surface area contributed by atoms with E-state index >= 15 is 0 Å². The van der Waals surface area contributed by atoms with E-state index in [1.165, 1.54) is 32.4 Å². The summed E-state index contributed by atoms with van der Waals surface area (Å²) in [4.78, 5) is 25.6. The largest absolute Gasteiger partial charge is 0.376 e. The highest BCUT2D eigenvalue weighted by Gasteiger charge is 2.22. The number of ether oxygens (including phenoxy) is 1. The third-order valence-corrected chi connectivity index (χ3v) is 6.74. The predicted molar refractivity (Wildman–Crippen MR) is 106 cm³/mol. The molecule has 0 spiro atoms. The van der Waals surface area contributed by atoms with Gasteiger partial charge in [0.25, 0.3) is 5.91 Å². The smallest absolute Gasteiger partial charge is 0.256 e. The summed E-state index contributed by atoms with van der Waals surface area (Å²) >= 11 is 0. The van der Waals surface area contributed by atoms with Crippen LogP contribution in [0, 0.1) is 0 Å². The van der Waals surface area contributed by atoms with E-state index in [4.69, 9.17) is 4.74 Å². The molecule has 9 heteroatoms. The minimum atomic E-state index is -3.69. The molecule has 1 aliphatic rings. The van der Waals surface area contributed by atoms with Gasteiger partial charge in [-0.3, -0.25) is 9.59 Å². The zero-order valence-corrected chi connectivity index (χ0v) is 17.1. The molecule has 8 nitrogen and oxygen atoms in total. The summed E-state index contributed by atoms with van der Waals surface area (Å²) in [5.41, 5.74) is 0.0907. The van der Waals surface area contributed by atoms with Crippen molar-refractivity contribution in [1.29, 1.82) is 0 Å². The predicted octanol–water partition coefficient (Wildman–Crippen LogP) is 1.18. The fourth-order valence-corrected chi connectivity index (χ4v) is 4.21. The third kappa shape index (κ3) is 3.82. The molecule has 1 aromatic carbocycles. The Morgan fingerprint density at radius 1 is 1.36 bits per heavy atom. The molecule has 0 unspecified atom stereocenters. The molecule has 1 saturated heterocycles. The van der Waals surface area contributed by atoms with Gasteiger partial charge in [-0.05, 0) is 38.0 Å². The molecule has 0 radical (unpaired) electrons. The molecule has 2 aromatic rings. The maximum atomic E-state index is 13.0. The molecular weight excluding hydrogens is 382 g/mol. The van der Waals surface area contributed by atoms with E-state index in [2.05, 4.69) is 5.32 Å². The number of hydrogen-bond donors (Lipinski definition) is 1. The summed E-state index contributed by atoms with van der Waals surface area (Å²) in [5.74, 6) is -0.481.